The van der Waals surface area contributed by atoms with E-state index in [-0.39, 0.29) is 12.0 Å². The molecule has 1 atom stereocenters. The van der Waals surface area contributed by atoms with Crippen molar-refractivity contribution in [3.8, 4) is 0 Å². The zero-order chi connectivity index (χ0) is 19.4. The van der Waals surface area contributed by atoms with Gasteiger partial charge in [-0.15, -0.1) is 11.3 Å². The number of aromatic nitrogens is 1. The number of nitrogens with zero attached hydrogens (tertiary/aromatic N) is 3. The molecule has 1 fully saturated rings. The Bertz CT molecular complexity index is 723. The average Bonchev–Trinajstić information content (AvgIpc) is 3.20. The van der Waals surface area contributed by atoms with Crippen LogP contribution in [0, 0.1) is 5.92 Å². The lowest BCUT2D eigenvalue weighted by Gasteiger charge is -2.33. The molecular formula is C19H30N4O2S2. The molecule has 0 radical (unpaired) electrons. The van der Waals surface area contributed by atoms with Crippen LogP contribution in [0.15, 0.2) is 6.07 Å². The van der Waals surface area contributed by atoms with E-state index < -0.39 is 0 Å². The van der Waals surface area contributed by atoms with Gasteiger partial charge in [-0.25, -0.2) is 4.98 Å². The molecule has 2 aromatic rings. The molecule has 1 N–H and O–H groups in total. The van der Waals surface area contributed by atoms with Gasteiger partial charge in [0.1, 0.15) is 4.83 Å². The van der Waals surface area contributed by atoms with Gasteiger partial charge in [-0.1, -0.05) is 25.2 Å². The summed E-state index contributed by atoms with van der Waals surface area (Å²) >= 11 is 3.13. The van der Waals surface area contributed by atoms with E-state index >= 15 is 0 Å². The van der Waals surface area contributed by atoms with Crippen molar-refractivity contribution < 1.29 is 9.53 Å². The first-order valence-corrected chi connectivity index (χ1v) is 11.4. The number of hydrogen-bond acceptors (Lipinski definition) is 7. The average molecular weight is 411 g/mol. The second kappa shape index (κ2) is 9.32. The van der Waals surface area contributed by atoms with Gasteiger partial charge in [0.15, 0.2) is 5.13 Å². The molecule has 2 aromatic heterocycles. The molecule has 0 bridgehead atoms. The van der Waals surface area contributed by atoms with E-state index in [2.05, 4.69) is 42.8 Å². The number of hydrogen-bond donors (Lipinski definition) is 1. The molecule has 0 saturated carbocycles. The maximum Gasteiger partial charge on any atom is 0.261 e. The Morgan fingerprint density at radius 3 is 2.85 bits per heavy atom. The van der Waals surface area contributed by atoms with Gasteiger partial charge in [0.25, 0.3) is 5.91 Å². The summed E-state index contributed by atoms with van der Waals surface area (Å²) in [5.41, 5.74) is 0. The molecule has 6 nitrogen and oxygen atoms in total. The highest BCUT2D eigenvalue weighted by atomic mass is 32.1. The van der Waals surface area contributed by atoms with Gasteiger partial charge >= 0.3 is 0 Å². The second-order valence-corrected chi connectivity index (χ2v) is 9.34. The number of carbonyl (C=O) groups is 1. The van der Waals surface area contributed by atoms with Crippen LogP contribution in [0.5, 0.6) is 0 Å². The highest BCUT2D eigenvalue weighted by Crippen LogP contribution is 2.34. The lowest BCUT2D eigenvalue weighted by molar-refractivity contribution is -0.0295. The van der Waals surface area contributed by atoms with Crippen molar-refractivity contribution in [2.45, 2.75) is 33.8 Å². The van der Waals surface area contributed by atoms with E-state index in [1.807, 2.05) is 6.07 Å². The van der Waals surface area contributed by atoms with Gasteiger partial charge in [0, 0.05) is 39.3 Å². The number of thiophene rings is 1. The summed E-state index contributed by atoms with van der Waals surface area (Å²) in [6, 6.07) is 1.97. The molecule has 1 aliphatic rings. The summed E-state index contributed by atoms with van der Waals surface area (Å²) < 4.78 is 6.91. The Hall–Kier alpha value is -1.22. The van der Waals surface area contributed by atoms with Gasteiger partial charge in [0.2, 0.25) is 0 Å². The summed E-state index contributed by atoms with van der Waals surface area (Å²) in [6.07, 6.45) is 0.0647. The maximum absolute atomic E-state index is 12.5. The fourth-order valence-electron chi connectivity index (χ4n) is 3.34. The molecule has 3 rings (SSSR count). The van der Waals surface area contributed by atoms with Crippen LogP contribution in [0.3, 0.4) is 0 Å². The van der Waals surface area contributed by atoms with Crippen LogP contribution >= 0.6 is 22.7 Å². The molecule has 27 heavy (non-hydrogen) atoms. The number of nitrogens with one attached hydrogen (secondary N) is 1. The molecule has 0 aromatic carbocycles. The number of amides is 1. The zero-order valence-corrected chi connectivity index (χ0v) is 18.3. The highest BCUT2D eigenvalue weighted by Gasteiger charge is 2.22. The molecule has 1 amide bonds. The van der Waals surface area contributed by atoms with Gasteiger partial charge in [-0.3, -0.25) is 9.69 Å². The second-order valence-electron chi connectivity index (χ2n) is 7.31. The smallest absolute Gasteiger partial charge is 0.261 e. The topological polar surface area (TPSA) is 57.7 Å². The maximum atomic E-state index is 12.5. The van der Waals surface area contributed by atoms with Crippen molar-refractivity contribution in [1.29, 1.82) is 0 Å². The van der Waals surface area contributed by atoms with Crippen LogP contribution in [0.1, 0.15) is 37.4 Å². The largest absolute Gasteiger partial charge is 0.374 e. The first kappa shape index (κ1) is 20.5. The fraction of sp³-hybridized carbons (Fsp3) is 0.684. The normalized spacial score (nSPS) is 18.3. The van der Waals surface area contributed by atoms with Crippen molar-refractivity contribution in [3.05, 3.63) is 10.9 Å². The number of anilines is 1. The minimum atomic E-state index is -0.0285. The Morgan fingerprint density at radius 2 is 2.19 bits per heavy atom. The Balaban J connectivity index is 1.55. The van der Waals surface area contributed by atoms with E-state index in [0.717, 1.165) is 58.9 Å². The van der Waals surface area contributed by atoms with Crippen molar-refractivity contribution in [1.82, 2.24) is 15.2 Å². The monoisotopic (exact) mass is 410 g/mol. The number of carbonyl (C=O) groups excluding carboxylic acids is 1. The molecule has 0 aliphatic carbocycles. The van der Waals surface area contributed by atoms with Crippen LogP contribution in [-0.2, 0) is 4.74 Å². The van der Waals surface area contributed by atoms with Gasteiger partial charge in [-0.05, 0) is 25.8 Å². The van der Waals surface area contributed by atoms with Gasteiger partial charge in [0.05, 0.1) is 22.3 Å². The number of fused-ring (bicyclic) bond motifs is 1. The lowest BCUT2D eigenvalue weighted by Crippen LogP contribution is -2.48. The molecule has 1 unspecified atom stereocenters. The van der Waals surface area contributed by atoms with Crippen molar-refractivity contribution >= 4 is 43.2 Å². The molecule has 0 spiro atoms. The predicted octanol–water partition coefficient (Wildman–Crippen LogP) is 3.29. The van der Waals surface area contributed by atoms with Crippen LogP contribution in [0.4, 0.5) is 5.13 Å². The van der Waals surface area contributed by atoms with E-state index in [1.165, 1.54) is 11.3 Å². The third kappa shape index (κ3) is 5.19. The van der Waals surface area contributed by atoms with E-state index in [1.54, 1.807) is 11.3 Å². The summed E-state index contributed by atoms with van der Waals surface area (Å²) in [6.45, 7) is 14.8. The first-order valence-electron chi connectivity index (χ1n) is 9.77. The molecule has 1 aliphatic heterocycles. The van der Waals surface area contributed by atoms with Crippen molar-refractivity contribution in [2.75, 3.05) is 50.8 Å². The number of thiazole rings is 1. The van der Waals surface area contributed by atoms with Crippen LogP contribution in [0.25, 0.3) is 9.53 Å². The molecule has 8 heteroatoms. The molecular weight excluding hydrogens is 380 g/mol. The third-order valence-electron chi connectivity index (χ3n) is 4.67. The summed E-state index contributed by atoms with van der Waals surface area (Å²) in [4.78, 5) is 23.6. The fourth-order valence-corrected chi connectivity index (χ4v) is 5.60. The van der Waals surface area contributed by atoms with E-state index in [4.69, 9.17) is 9.72 Å². The minimum Gasteiger partial charge on any atom is -0.374 e. The van der Waals surface area contributed by atoms with E-state index in [0.29, 0.717) is 12.5 Å². The number of rotatable bonds is 8. The third-order valence-corrected chi connectivity index (χ3v) is 6.89. The zero-order valence-electron chi connectivity index (χ0n) is 16.7. The molecule has 1 saturated heterocycles. The quantitative estimate of drug-likeness (QED) is 0.724. The first-order chi connectivity index (χ1) is 13.0. The Labute approximate surface area is 169 Å². The summed E-state index contributed by atoms with van der Waals surface area (Å²) in [7, 11) is 0. The van der Waals surface area contributed by atoms with Crippen LogP contribution < -0.4 is 10.2 Å². The summed E-state index contributed by atoms with van der Waals surface area (Å²) in [5, 5.41) is 4.08. The van der Waals surface area contributed by atoms with Gasteiger partial charge in [-0.2, -0.15) is 0 Å². The van der Waals surface area contributed by atoms with E-state index in [9.17, 15) is 4.79 Å². The lowest BCUT2D eigenvalue weighted by atomic mass is 10.2. The van der Waals surface area contributed by atoms with Crippen LogP contribution in [0.2, 0.25) is 0 Å². The summed E-state index contributed by atoms with van der Waals surface area (Å²) in [5.74, 6) is 0.616. The van der Waals surface area contributed by atoms with Crippen molar-refractivity contribution in [2.24, 2.45) is 5.92 Å². The SMILES string of the molecule is CCN(CC)c1nc2sc(C(=O)NCC3CN(CC(C)C)CCO3)cc2s1. The Morgan fingerprint density at radius 1 is 1.41 bits per heavy atom. The van der Waals surface area contributed by atoms with Crippen LogP contribution in [-0.4, -0.2) is 67.8 Å². The van der Waals surface area contributed by atoms with Crippen molar-refractivity contribution in [3.63, 3.8) is 0 Å². The predicted molar refractivity (Wildman–Crippen MR) is 114 cm³/mol. The molecule has 3 heterocycles. The number of morpholine rings is 1. The Kier molecular flexibility index (Phi) is 7.08. The molecule has 150 valence electrons. The standard InChI is InChI=1S/C19H30N4O2S2/c1-5-23(6-2)19-21-18-16(27-19)9-15(26-18)17(24)20-10-14-12-22(7-8-25-14)11-13(3)4/h9,13-14H,5-8,10-12H2,1-4H3,(H,20,24). The minimum absolute atomic E-state index is 0.0285. The number of ether oxygens (including phenoxy) is 1. The van der Waals surface area contributed by atoms with Gasteiger partial charge < -0.3 is 15.0 Å². The highest BCUT2D eigenvalue weighted by molar-refractivity contribution is 7.29.